The van der Waals surface area contributed by atoms with Gasteiger partial charge in [0.15, 0.2) is 0 Å². The Labute approximate surface area is 121 Å². The van der Waals surface area contributed by atoms with Crippen molar-refractivity contribution in [3.63, 3.8) is 0 Å². The highest BCUT2D eigenvalue weighted by Crippen LogP contribution is 2.27. The maximum Gasteiger partial charge on any atom is 0.337 e. The lowest BCUT2D eigenvalue weighted by Gasteiger charge is -2.12. The number of nitrogen functional groups attached to an aromatic ring is 1. The second-order valence-corrected chi connectivity index (χ2v) is 4.70. The molecule has 0 saturated heterocycles. The smallest absolute Gasteiger partial charge is 0.337 e. The van der Waals surface area contributed by atoms with Crippen LogP contribution in [-0.4, -0.2) is 11.1 Å². The van der Waals surface area contributed by atoms with Crippen LogP contribution in [0.5, 0.6) is 0 Å². The predicted octanol–water partition coefficient (Wildman–Crippen LogP) is 3.28. The average Bonchev–Trinajstić information content (AvgIpc) is 2.43. The number of carboxylic acids is 1. The molecule has 2 aromatic rings. The lowest BCUT2D eigenvalue weighted by atomic mass is 9.91. The lowest BCUT2D eigenvalue weighted by molar-refractivity contribution is 0.0698. The molecule has 0 bridgehead atoms. The number of nitriles is 1. The third-order valence-electron chi connectivity index (χ3n) is 2.97. The molecule has 2 aromatic carbocycles. The zero-order chi connectivity index (χ0) is 14.7. The van der Waals surface area contributed by atoms with Gasteiger partial charge in [0.1, 0.15) is 0 Å². The number of carboxylic acid groups (broad SMARTS) is 1. The number of aromatic carboxylic acids is 1. The van der Waals surface area contributed by atoms with Crippen molar-refractivity contribution in [3.05, 3.63) is 64.2 Å². The molecule has 0 heterocycles. The molecule has 0 saturated carbocycles. The molecule has 0 aliphatic carbocycles. The van der Waals surface area contributed by atoms with Crippen molar-refractivity contribution >= 4 is 23.3 Å². The summed E-state index contributed by atoms with van der Waals surface area (Å²) in [7, 11) is 0. The highest BCUT2D eigenvalue weighted by Gasteiger charge is 2.17. The Morgan fingerprint density at radius 3 is 2.35 bits per heavy atom. The summed E-state index contributed by atoms with van der Waals surface area (Å²) < 4.78 is 0. The van der Waals surface area contributed by atoms with Gasteiger partial charge in [-0.1, -0.05) is 29.8 Å². The fourth-order valence-electron chi connectivity index (χ4n) is 1.94. The summed E-state index contributed by atoms with van der Waals surface area (Å²) in [5, 5.41) is 19.0. The van der Waals surface area contributed by atoms with Crippen LogP contribution >= 0.6 is 11.6 Å². The highest BCUT2D eigenvalue weighted by atomic mass is 35.5. The predicted molar refractivity (Wildman–Crippen MR) is 76.7 cm³/mol. The van der Waals surface area contributed by atoms with Crippen molar-refractivity contribution in [3.8, 4) is 6.07 Å². The number of hydrogen-bond acceptors (Lipinski definition) is 3. The monoisotopic (exact) mass is 286 g/mol. The summed E-state index contributed by atoms with van der Waals surface area (Å²) in [4.78, 5) is 11.1. The summed E-state index contributed by atoms with van der Waals surface area (Å²) in [5.41, 5.74) is 7.11. The Morgan fingerprint density at radius 2 is 1.80 bits per heavy atom. The van der Waals surface area contributed by atoms with Gasteiger partial charge in [-0.05, 0) is 35.4 Å². The Morgan fingerprint density at radius 1 is 1.20 bits per heavy atom. The first-order chi connectivity index (χ1) is 9.52. The van der Waals surface area contributed by atoms with E-state index in [-0.39, 0.29) is 11.3 Å². The lowest BCUT2D eigenvalue weighted by Crippen LogP contribution is -2.05. The molecule has 3 N–H and O–H groups in total. The molecule has 0 aliphatic heterocycles. The van der Waals surface area contributed by atoms with Crippen LogP contribution in [-0.2, 0) is 0 Å². The number of halogens is 1. The number of benzene rings is 2. The van der Waals surface area contributed by atoms with Gasteiger partial charge in [-0.15, -0.1) is 0 Å². The molecular formula is C15H11ClN2O2. The molecular weight excluding hydrogens is 276 g/mol. The number of nitrogens with zero attached hydrogens (tertiary/aromatic N) is 1. The standard InChI is InChI=1S/C15H11ClN2O2/c16-11-4-1-9(2-5-11)13(8-17)10-3-6-14(18)12(7-10)15(19)20/h1-7,13H,18H2,(H,19,20). The molecule has 0 aromatic heterocycles. The summed E-state index contributed by atoms with van der Waals surface area (Å²) >= 11 is 5.82. The quantitative estimate of drug-likeness (QED) is 0.848. The largest absolute Gasteiger partial charge is 0.478 e. The van der Waals surface area contributed by atoms with Crippen molar-refractivity contribution in [2.45, 2.75) is 5.92 Å². The van der Waals surface area contributed by atoms with E-state index < -0.39 is 11.9 Å². The minimum Gasteiger partial charge on any atom is -0.478 e. The Hall–Kier alpha value is -2.51. The molecule has 1 unspecified atom stereocenters. The van der Waals surface area contributed by atoms with E-state index in [0.717, 1.165) is 5.56 Å². The molecule has 20 heavy (non-hydrogen) atoms. The summed E-state index contributed by atoms with van der Waals surface area (Å²) in [6, 6.07) is 13.6. The van der Waals surface area contributed by atoms with Crippen LogP contribution in [0.3, 0.4) is 0 Å². The van der Waals surface area contributed by atoms with Gasteiger partial charge in [-0.3, -0.25) is 0 Å². The number of hydrogen-bond donors (Lipinski definition) is 2. The van der Waals surface area contributed by atoms with E-state index in [1.54, 1.807) is 30.3 Å². The Kier molecular flexibility index (Phi) is 3.92. The second kappa shape index (κ2) is 5.64. The van der Waals surface area contributed by atoms with Crippen molar-refractivity contribution in [2.75, 3.05) is 5.73 Å². The number of nitrogens with two attached hydrogens (primary N) is 1. The van der Waals surface area contributed by atoms with Gasteiger partial charge in [0.05, 0.1) is 17.6 Å². The van der Waals surface area contributed by atoms with Gasteiger partial charge < -0.3 is 10.8 Å². The molecule has 0 spiro atoms. The fraction of sp³-hybridized carbons (Fsp3) is 0.0667. The molecule has 100 valence electrons. The molecule has 0 aliphatic rings. The zero-order valence-electron chi connectivity index (χ0n) is 10.4. The second-order valence-electron chi connectivity index (χ2n) is 4.27. The van der Waals surface area contributed by atoms with Crippen LogP contribution in [0.2, 0.25) is 5.02 Å². The molecule has 0 amide bonds. The van der Waals surface area contributed by atoms with E-state index in [1.165, 1.54) is 12.1 Å². The van der Waals surface area contributed by atoms with Crippen molar-refractivity contribution < 1.29 is 9.90 Å². The first-order valence-corrected chi connectivity index (χ1v) is 6.18. The number of rotatable bonds is 3. The van der Waals surface area contributed by atoms with Crippen LogP contribution in [0.4, 0.5) is 5.69 Å². The summed E-state index contributed by atoms with van der Waals surface area (Å²) in [5.74, 6) is -1.68. The third-order valence-corrected chi connectivity index (χ3v) is 3.23. The topological polar surface area (TPSA) is 87.1 Å². The van der Waals surface area contributed by atoms with Crippen LogP contribution < -0.4 is 5.73 Å². The van der Waals surface area contributed by atoms with Crippen molar-refractivity contribution in [2.24, 2.45) is 0 Å². The van der Waals surface area contributed by atoms with Crippen LogP contribution in [0.15, 0.2) is 42.5 Å². The minimum atomic E-state index is -1.11. The summed E-state index contributed by atoms with van der Waals surface area (Å²) in [6.45, 7) is 0. The zero-order valence-corrected chi connectivity index (χ0v) is 11.1. The molecule has 2 rings (SSSR count). The highest BCUT2D eigenvalue weighted by molar-refractivity contribution is 6.30. The first-order valence-electron chi connectivity index (χ1n) is 5.80. The fourth-order valence-corrected chi connectivity index (χ4v) is 2.06. The summed E-state index contributed by atoms with van der Waals surface area (Å²) in [6.07, 6.45) is 0. The van der Waals surface area contributed by atoms with E-state index >= 15 is 0 Å². The first kappa shape index (κ1) is 13.9. The maximum absolute atomic E-state index is 11.1. The van der Waals surface area contributed by atoms with Gasteiger partial charge in [0.25, 0.3) is 0 Å². The molecule has 0 fully saturated rings. The molecule has 1 atom stereocenters. The van der Waals surface area contributed by atoms with E-state index in [0.29, 0.717) is 10.6 Å². The molecule has 0 radical (unpaired) electrons. The van der Waals surface area contributed by atoms with Crippen LogP contribution in [0.1, 0.15) is 27.4 Å². The number of anilines is 1. The normalized spacial score (nSPS) is 11.6. The van der Waals surface area contributed by atoms with Gasteiger partial charge in [0.2, 0.25) is 0 Å². The third kappa shape index (κ3) is 2.73. The average molecular weight is 287 g/mol. The maximum atomic E-state index is 11.1. The van der Waals surface area contributed by atoms with E-state index in [4.69, 9.17) is 22.4 Å². The molecule has 5 heteroatoms. The van der Waals surface area contributed by atoms with Crippen molar-refractivity contribution in [1.82, 2.24) is 0 Å². The van der Waals surface area contributed by atoms with E-state index in [2.05, 4.69) is 6.07 Å². The van der Waals surface area contributed by atoms with Gasteiger partial charge >= 0.3 is 5.97 Å². The van der Waals surface area contributed by atoms with E-state index in [9.17, 15) is 10.1 Å². The SMILES string of the molecule is N#CC(c1ccc(Cl)cc1)c1ccc(N)c(C(=O)O)c1. The Bertz CT molecular complexity index is 690. The van der Waals surface area contributed by atoms with Crippen molar-refractivity contribution in [1.29, 1.82) is 5.26 Å². The Balaban J connectivity index is 2.48. The number of carbonyl (C=O) groups is 1. The van der Waals surface area contributed by atoms with Gasteiger partial charge in [0, 0.05) is 10.7 Å². The molecule has 4 nitrogen and oxygen atoms in total. The van der Waals surface area contributed by atoms with Crippen LogP contribution in [0, 0.1) is 11.3 Å². The minimum absolute atomic E-state index is 0.00304. The van der Waals surface area contributed by atoms with Crippen LogP contribution in [0.25, 0.3) is 0 Å². The van der Waals surface area contributed by atoms with Gasteiger partial charge in [-0.25, -0.2) is 4.79 Å². The van der Waals surface area contributed by atoms with Gasteiger partial charge in [-0.2, -0.15) is 5.26 Å². The van der Waals surface area contributed by atoms with E-state index in [1.807, 2.05) is 0 Å².